The predicted octanol–water partition coefficient (Wildman–Crippen LogP) is -0.811. The third-order valence-electron chi connectivity index (χ3n) is 0.923. The second kappa shape index (κ2) is 8.84. The molecule has 0 heterocycles. The van der Waals surface area contributed by atoms with E-state index in [1.54, 1.807) is 7.11 Å². The second-order valence-electron chi connectivity index (χ2n) is 1.77. The zero-order valence-electron chi connectivity index (χ0n) is 6.30. The number of hydrogen-bond acceptors (Lipinski definition) is 4. The van der Waals surface area contributed by atoms with Crippen molar-refractivity contribution < 1.29 is 14.6 Å². The molecule has 0 bridgehead atoms. The van der Waals surface area contributed by atoms with Gasteiger partial charge in [0.15, 0.2) is 0 Å². The molecule has 0 rings (SSSR count). The molecule has 0 fully saturated rings. The third-order valence-corrected chi connectivity index (χ3v) is 0.923. The molecule has 0 atom stereocenters. The van der Waals surface area contributed by atoms with Crippen LogP contribution in [0.25, 0.3) is 0 Å². The number of hydrogen-bond donors (Lipinski definition) is 2. The number of nitrogens with one attached hydrogen (secondary N) is 1. The van der Waals surface area contributed by atoms with Gasteiger partial charge < -0.3 is 14.6 Å². The van der Waals surface area contributed by atoms with Crippen molar-refractivity contribution in [2.45, 2.75) is 0 Å². The highest BCUT2D eigenvalue weighted by Gasteiger charge is 1.84. The zero-order chi connectivity index (χ0) is 7.66. The summed E-state index contributed by atoms with van der Waals surface area (Å²) in [5, 5.41) is 11.3. The van der Waals surface area contributed by atoms with Crippen molar-refractivity contribution >= 4 is 0 Å². The van der Waals surface area contributed by atoms with Crippen LogP contribution in [0.4, 0.5) is 0 Å². The van der Waals surface area contributed by atoms with Crippen LogP contribution in [0, 0.1) is 0 Å². The highest BCUT2D eigenvalue weighted by Crippen LogP contribution is 1.69. The first-order valence-electron chi connectivity index (χ1n) is 3.30. The van der Waals surface area contributed by atoms with Gasteiger partial charge in [0.25, 0.3) is 0 Å². The molecule has 0 aliphatic carbocycles. The zero-order valence-corrected chi connectivity index (χ0v) is 6.30. The Labute approximate surface area is 61.1 Å². The lowest BCUT2D eigenvalue weighted by Crippen LogP contribution is -2.23. The van der Waals surface area contributed by atoms with E-state index in [2.05, 4.69) is 5.32 Å². The molecule has 0 amide bonds. The van der Waals surface area contributed by atoms with Crippen molar-refractivity contribution in [3.63, 3.8) is 0 Å². The molecule has 0 unspecified atom stereocenters. The summed E-state index contributed by atoms with van der Waals surface area (Å²) in [5.41, 5.74) is 0. The summed E-state index contributed by atoms with van der Waals surface area (Å²) in [4.78, 5) is 0. The highest BCUT2D eigenvalue weighted by molar-refractivity contribution is 4.36. The molecule has 0 aromatic carbocycles. The first kappa shape index (κ1) is 9.84. The Balaban J connectivity index is 2.65. The topological polar surface area (TPSA) is 50.7 Å². The van der Waals surface area contributed by atoms with E-state index in [9.17, 15) is 0 Å². The average molecular weight is 149 g/mol. The SMILES string of the molecule is COCCNCOCCO. The largest absolute Gasteiger partial charge is 0.394 e. The molecule has 0 aromatic rings. The summed E-state index contributed by atoms with van der Waals surface area (Å²) in [6.07, 6.45) is 0. The lowest BCUT2D eigenvalue weighted by Gasteiger charge is -2.03. The summed E-state index contributed by atoms with van der Waals surface area (Å²) >= 11 is 0. The van der Waals surface area contributed by atoms with Crippen LogP contribution in [0.5, 0.6) is 0 Å². The van der Waals surface area contributed by atoms with Gasteiger partial charge in [-0.2, -0.15) is 0 Å². The average Bonchev–Trinajstić information content (AvgIpc) is 1.97. The number of ether oxygens (including phenoxy) is 2. The Morgan fingerprint density at radius 2 is 2.20 bits per heavy atom. The van der Waals surface area contributed by atoms with Crippen LogP contribution in [0.1, 0.15) is 0 Å². The molecule has 62 valence electrons. The molecule has 2 N–H and O–H groups in total. The van der Waals surface area contributed by atoms with E-state index in [0.717, 1.165) is 6.54 Å². The fraction of sp³-hybridized carbons (Fsp3) is 1.00. The summed E-state index contributed by atoms with van der Waals surface area (Å²) in [6, 6.07) is 0. The van der Waals surface area contributed by atoms with E-state index < -0.39 is 0 Å². The van der Waals surface area contributed by atoms with Crippen LogP contribution >= 0.6 is 0 Å². The van der Waals surface area contributed by atoms with Crippen LogP contribution in [-0.2, 0) is 9.47 Å². The highest BCUT2D eigenvalue weighted by atomic mass is 16.5. The van der Waals surface area contributed by atoms with Gasteiger partial charge in [-0.3, -0.25) is 5.32 Å². The molecule has 0 spiro atoms. The van der Waals surface area contributed by atoms with Crippen molar-refractivity contribution in [1.29, 1.82) is 0 Å². The van der Waals surface area contributed by atoms with Gasteiger partial charge in [0.2, 0.25) is 0 Å². The maximum absolute atomic E-state index is 8.29. The molecule has 0 saturated carbocycles. The summed E-state index contributed by atoms with van der Waals surface area (Å²) in [7, 11) is 1.65. The monoisotopic (exact) mass is 149 g/mol. The van der Waals surface area contributed by atoms with Gasteiger partial charge in [-0.15, -0.1) is 0 Å². The van der Waals surface area contributed by atoms with Crippen LogP contribution in [0.15, 0.2) is 0 Å². The number of aliphatic hydroxyl groups is 1. The second-order valence-corrected chi connectivity index (χ2v) is 1.77. The Kier molecular flexibility index (Phi) is 8.70. The Morgan fingerprint density at radius 1 is 1.40 bits per heavy atom. The molecule has 4 heteroatoms. The molecule has 0 saturated heterocycles. The van der Waals surface area contributed by atoms with E-state index in [0.29, 0.717) is 19.9 Å². The van der Waals surface area contributed by atoms with Gasteiger partial charge in [0.1, 0.15) is 0 Å². The molecule has 0 radical (unpaired) electrons. The van der Waals surface area contributed by atoms with Gasteiger partial charge in [-0.1, -0.05) is 0 Å². The Hall–Kier alpha value is -0.160. The maximum atomic E-state index is 8.29. The number of methoxy groups -OCH3 is 1. The van der Waals surface area contributed by atoms with E-state index >= 15 is 0 Å². The van der Waals surface area contributed by atoms with Crippen molar-refractivity contribution in [2.75, 3.05) is 40.2 Å². The molecule has 0 aromatic heterocycles. The van der Waals surface area contributed by atoms with Gasteiger partial charge in [-0.05, 0) is 0 Å². The quantitative estimate of drug-likeness (QED) is 0.367. The van der Waals surface area contributed by atoms with Gasteiger partial charge in [-0.25, -0.2) is 0 Å². The van der Waals surface area contributed by atoms with Crippen molar-refractivity contribution in [3.8, 4) is 0 Å². The first-order chi connectivity index (χ1) is 4.91. The molecular weight excluding hydrogens is 134 g/mol. The Morgan fingerprint density at radius 3 is 2.80 bits per heavy atom. The Bertz CT molecular complexity index is 53.0. The van der Waals surface area contributed by atoms with E-state index in [4.69, 9.17) is 14.6 Å². The van der Waals surface area contributed by atoms with E-state index in [-0.39, 0.29) is 6.61 Å². The van der Waals surface area contributed by atoms with Crippen molar-refractivity contribution in [2.24, 2.45) is 0 Å². The fourth-order valence-electron chi connectivity index (χ4n) is 0.455. The number of aliphatic hydroxyl groups excluding tert-OH is 1. The smallest absolute Gasteiger partial charge is 0.0967 e. The minimum absolute atomic E-state index is 0.0754. The lowest BCUT2D eigenvalue weighted by atomic mass is 10.7. The lowest BCUT2D eigenvalue weighted by molar-refractivity contribution is 0.0752. The van der Waals surface area contributed by atoms with Gasteiger partial charge in [0.05, 0.1) is 26.6 Å². The van der Waals surface area contributed by atoms with Crippen LogP contribution in [-0.4, -0.2) is 45.3 Å². The molecule has 10 heavy (non-hydrogen) atoms. The van der Waals surface area contributed by atoms with E-state index in [1.807, 2.05) is 0 Å². The minimum atomic E-state index is 0.0754. The molecule has 4 nitrogen and oxygen atoms in total. The van der Waals surface area contributed by atoms with Crippen molar-refractivity contribution in [1.82, 2.24) is 5.32 Å². The molecule has 0 aliphatic heterocycles. The van der Waals surface area contributed by atoms with Crippen molar-refractivity contribution in [3.05, 3.63) is 0 Å². The van der Waals surface area contributed by atoms with Gasteiger partial charge >= 0.3 is 0 Å². The first-order valence-corrected chi connectivity index (χ1v) is 3.30. The maximum Gasteiger partial charge on any atom is 0.0967 e. The van der Waals surface area contributed by atoms with Gasteiger partial charge in [0, 0.05) is 13.7 Å². The standard InChI is InChI=1S/C6H15NO3/c1-9-4-2-7-6-10-5-3-8/h7-8H,2-6H2,1H3. The number of rotatable bonds is 7. The normalized spacial score (nSPS) is 10.2. The third kappa shape index (κ3) is 7.84. The van der Waals surface area contributed by atoms with Crippen LogP contribution in [0.2, 0.25) is 0 Å². The summed E-state index contributed by atoms with van der Waals surface area (Å²) < 4.78 is 9.69. The molecular formula is C6H15NO3. The fourth-order valence-corrected chi connectivity index (χ4v) is 0.455. The predicted molar refractivity (Wildman–Crippen MR) is 37.8 cm³/mol. The minimum Gasteiger partial charge on any atom is -0.394 e. The molecule has 0 aliphatic rings. The van der Waals surface area contributed by atoms with Crippen LogP contribution < -0.4 is 5.32 Å². The summed E-state index contributed by atoms with van der Waals surface area (Å²) in [6.45, 7) is 2.40. The van der Waals surface area contributed by atoms with Crippen LogP contribution in [0.3, 0.4) is 0 Å². The summed E-state index contributed by atoms with van der Waals surface area (Å²) in [5.74, 6) is 0. The van der Waals surface area contributed by atoms with E-state index in [1.165, 1.54) is 0 Å².